The Morgan fingerprint density at radius 2 is 2.17 bits per heavy atom. The van der Waals surface area contributed by atoms with E-state index in [1.54, 1.807) is 11.0 Å². The Bertz CT molecular complexity index is 408. The Morgan fingerprint density at radius 1 is 1.50 bits per heavy atom. The number of amides is 1. The molecule has 0 aromatic rings. The second kappa shape index (κ2) is 4.11. The molecule has 1 aliphatic heterocycles. The van der Waals surface area contributed by atoms with Crippen molar-refractivity contribution < 1.29 is 14.3 Å². The molecule has 2 aliphatic rings. The summed E-state index contributed by atoms with van der Waals surface area (Å²) in [5.74, 6) is 0. The lowest BCUT2D eigenvalue weighted by atomic mass is 9.85. The van der Waals surface area contributed by atoms with E-state index in [0.29, 0.717) is 0 Å². The van der Waals surface area contributed by atoms with Gasteiger partial charge in [0.25, 0.3) is 0 Å². The molecular weight excluding hydrogens is 230 g/mol. The monoisotopic (exact) mass is 251 g/mol. The molecule has 2 rings (SSSR count). The molecule has 1 aliphatic carbocycles. The summed E-state index contributed by atoms with van der Waals surface area (Å²) in [5.41, 5.74) is 0.287. The van der Waals surface area contributed by atoms with Crippen LogP contribution in [0.15, 0.2) is 11.6 Å². The summed E-state index contributed by atoms with van der Waals surface area (Å²) in [5, 5.41) is 0. The maximum Gasteiger partial charge on any atom is 0.411 e. The van der Waals surface area contributed by atoms with Gasteiger partial charge in [0.05, 0.1) is 11.6 Å². The number of aldehydes is 1. The molecule has 18 heavy (non-hydrogen) atoms. The molecule has 0 spiro atoms. The van der Waals surface area contributed by atoms with Crippen LogP contribution in [0.25, 0.3) is 0 Å². The fourth-order valence-corrected chi connectivity index (χ4v) is 2.94. The van der Waals surface area contributed by atoms with E-state index in [4.69, 9.17) is 4.74 Å². The zero-order valence-electron chi connectivity index (χ0n) is 11.5. The highest BCUT2D eigenvalue weighted by atomic mass is 16.6. The van der Waals surface area contributed by atoms with Gasteiger partial charge in [0.1, 0.15) is 11.9 Å². The largest absolute Gasteiger partial charge is 0.444 e. The van der Waals surface area contributed by atoms with Gasteiger partial charge < -0.3 is 4.74 Å². The van der Waals surface area contributed by atoms with Crippen molar-refractivity contribution in [2.45, 2.75) is 64.1 Å². The molecule has 4 nitrogen and oxygen atoms in total. The van der Waals surface area contributed by atoms with E-state index in [-0.39, 0.29) is 17.7 Å². The second-order valence-corrected chi connectivity index (χ2v) is 6.23. The Balaban J connectivity index is 2.16. The molecule has 0 N–H and O–H groups in total. The Labute approximate surface area is 108 Å². The molecule has 1 saturated carbocycles. The van der Waals surface area contributed by atoms with Gasteiger partial charge in [0, 0.05) is 0 Å². The number of hydrogen-bond acceptors (Lipinski definition) is 3. The lowest BCUT2D eigenvalue weighted by Gasteiger charge is -2.22. The molecule has 0 aromatic carbocycles. The minimum atomic E-state index is -0.478. The number of fused-ring (bicyclic) bond motifs is 1. The van der Waals surface area contributed by atoms with Gasteiger partial charge in [-0.1, -0.05) is 0 Å². The number of allylic oxidation sites excluding steroid dienone is 1. The zero-order chi connectivity index (χ0) is 13.6. The lowest BCUT2D eigenvalue weighted by Crippen LogP contribution is -2.30. The van der Waals surface area contributed by atoms with Crippen LogP contribution in [0.4, 0.5) is 4.79 Å². The summed E-state index contributed by atoms with van der Waals surface area (Å²) in [6.07, 6.45) is 5.06. The minimum absolute atomic E-state index is 0.201. The van der Waals surface area contributed by atoms with Crippen LogP contribution < -0.4 is 0 Å². The maximum absolute atomic E-state index is 12.1. The lowest BCUT2D eigenvalue weighted by molar-refractivity contribution is -0.104. The van der Waals surface area contributed by atoms with Crippen molar-refractivity contribution in [1.29, 1.82) is 0 Å². The van der Waals surface area contributed by atoms with Crippen LogP contribution in [0.5, 0.6) is 0 Å². The van der Waals surface area contributed by atoms with Gasteiger partial charge in [-0.3, -0.25) is 9.69 Å². The van der Waals surface area contributed by atoms with Gasteiger partial charge in [-0.05, 0) is 58.6 Å². The van der Waals surface area contributed by atoms with Gasteiger partial charge >= 0.3 is 6.09 Å². The van der Waals surface area contributed by atoms with Gasteiger partial charge in [-0.25, -0.2) is 4.79 Å². The third kappa shape index (κ3) is 2.04. The third-order valence-electron chi connectivity index (χ3n) is 3.83. The van der Waals surface area contributed by atoms with Crippen molar-refractivity contribution in [2.75, 3.05) is 0 Å². The smallest absolute Gasteiger partial charge is 0.411 e. The summed E-state index contributed by atoms with van der Waals surface area (Å²) < 4.78 is 5.42. The van der Waals surface area contributed by atoms with Crippen molar-refractivity contribution in [3.05, 3.63) is 11.6 Å². The maximum atomic E-state index is 12.1. The number of nitrogens with zero attached hydrogens (tertiary/aromatic N) is 1. The highest BCUT2D eigenvalue weighted by Gasteiger charge is 2.65. The number of ether oxygens (including phenoxy) is 1. The number of hydrogen-bond donors (Lipinski definition) is 0. The van der Waals surface area contributed by atoms with Crippen LogP contribution in [0.3, 0.4) is 0 Å². The standard InChI is InChI=1S/C14H21NO3/c1-13(2,3)18-12(17)15-11-7-5-6-10(8-9-16)14(11,15)4/h8-9,11H,5-7H2,1-4H3/b10-8+/t11-,14+,15?/m1/s1. The van der Waals surface area contributed by atoms with E-state index in [0.717, 1.165) is 31.1 Å². The van der Waals surface area contributed by atoms with E-state index < -0.39 is 5.60 Å². The van der Waals surface area contributed by atoms with Crippen LogP contribution in [-0.2, 0) is 9.53 Å². The fourth-order valence-electron chi connectivity index (χ4n) is 2.94. The fraction of sp³-hybridized carbons (Fsp3) is 0.714. The number of carbonyl (C=O) groups excluding carboxylic acids is 2. The average Bonchev–Trinajstić information content (AvgIpc) is 2.83. The highest BCUT2D eigenvalue weighted by Crippen LogP contribution is 2.54. The van der Waals surface area contributed by atoms with Crippen LogP contribution >= 0.6 is 0 Å². The molecule has 0 aromatic heterocycles. The second-order valence-electron chi connectivity index (χ2n) is 6.23. The molecule has 100 valence electrons. The van der Waals surface area contributed by atoms with Crippen LogP contribution in [0.2, 0.25) is 0 Å². The van der Waals surface area contributed by atoms with Gasteiger partial charge in [0.15, 0.2) is 0 Å². The van der Waals surface area contributed by atoms with Crippen molar-refractivity contribution in [1.82, 2.24) is 4.90 Å². The van der Waals surface area contributed by atoms with E-state index in [1.165, 1.54) is 0 Å². The summed E-state index contributed by atoms with van der Waals surface area (Å²) in [4.78, 5) is 24.6. The first-order chi connectivity index (χ1) is 8.30. The van der Waals surface area contributed by atoms with Crippen molar-refractivity contribution in [3.63, 3.8) is 0 Å². The van der Waals surface area contributed by atoms with Crippen LogP contribution in [0.1, 0.15) is 47.0 Å². The minimum Gasteiger partial charge on any atom is -0.444 e. The zero-order valence-corrected chi connectivity index (χ0v) is 11.5. The predicted molar refractivity (Wildman–Crippen MR) is 68.3 cm³/mol. The van der Waals surface area contributed by atoms with E-state index >= 15 is 0 Å². The number of rotatable bonds is 1. The molecule has 1 heterocycles. The predicted octanol–water partition coefficient (Wildman–Crippen LogP) is 2.67. The summed E-state index contributed by atoms with van der Waals surface area (Å²) in [6.45, 7) is 7.61. The molecule has 0 unspecified atom stereocenters. The molecule has 0 radical (unpaired) electrons. The van der Waals surface area contributed by atoms with Gasteiger partial charge in [-0.15, -0.1) is 0 Å². The SMILES string of the molecule is CC(C)(C)OC(=O)N1[C@@H]2CCC/C(=C\C=O)[C@@]21C. The van der Waals surface area contributed by atoms with Gasteiger partial charge in [0.2, 0.25) is 0 Å². The number of carbonyl (C=O) groups is 2. The topological polar surface area (TPSA) is 46.4 Å². The molecule has 4 heteroatoms. The summed E-state index contributed by atoms with van der Waals surface area (Å²) in [7, 11) is 0. The molecular formula is C14H21NO3. The van der Waals surface area contributed by atoms with Crippen LogP contribution in [-0.4, -0.2) is 34.5 Å². The first-order valence-electron chi connectivity index (χ1n) is 6.48. The van der Waals surface area contributed by atoms with Crippen molar-refractivity contribution in [3.8, 4) is 0 Å². The normalized spacial score (nSPS) is 33.0. The highest BCUT2D eigenvalue weighted by molar-refractivity contribution is 5.77. The summed E-state index contributed by atoms with van der Waals surface area (Å²) in [6, 6.07) is 0.201. The summed E-state index contributed by atoms with van der Waals surface area (Å²) >= 11 is 0. The Kier molecular flexibility index (Phi) is 2.99. The van der Waals surface area contributed by atoms with E-state index in [9.17, 15) is 9.59 Å². The average molecular weight is 251 g/mol. The number of likely N-dealkylation sites (tertiary alicyclic amines) is 1. The Morgan fingerprint density at radius 3 is 2.72 bits per heavy atom. The molecule has 2 atom stereocenters. The molecule has 2 fully saturated rings. The van der Waals surface area contributed by atoms with Gasteiger partial charge in [-0.2, -0.15) is 0 Å². The molecule has 1 saturated heterocycles. The van der Waals surface area contributed by atoms with E-state index in [1.807, 2.05) is 27.7 Å². The van der Waals surface area contributed by atoms with E-state index in [2.05, 4.69) is 0 Å². The Hall–Kier alpha value is -1.32. The molecule has 0 bridgehead atoms. The first-order valence-corrected chi connectivity index (χ1v) is 6.48. The van der Waals surface area contributed by atoms with Crippen molar-refractivity contribution in [2.24, 2.45) is 0 Å². The molecule has 1 amide bonds. The van der Waals surface area contributed by atoms with Crippen molar-refractivity contribution >= 4 is 12.4 Å². The third-order valence-corrected chi connectivity index (χ3v) is 3.83. The van der Waals surface area contributed by atoms with Crippen LogP contribution in [0, 0.1) is 0 Å². The quantitative estimate of drug-likeness (QED) is 0.409. The first kappa shape index (κ1) is 13.1.